The van der Waals surface area contributed by atoms with Gasteiger partial charge in [-0.15, -0.1) is 0 Å². The number of nitrogens with zero attached hydrogens (tertiary/aromatic N) is 4. The summed E-state index contributed by atoms with van der Waals surface area (Å²) in [5.41, 5.74) is 1.13. The van der Waals surface area contributed by atoms with Gasteiger partial charge in [0.05, 0.1) is 17.4 Å². The molecule has 2 heterocycles. The minimum Gasteiger partial charge on any atom is -0.389 e. The fourth-order valence-corrected chi connectivity index (χ4v) is 2.83. The molecule has 0 aromatic carbocycles. The average molecular weight is 322 g/mol. The van der Waals surface area contributed by atoms with Crippen molar-refractivity contribution in [3.05, 3.63) is 17.5 Å². The summed E-state index contributed by atoms with van der Waals surface area (Å²) in [4.78, 5) is 28.2. The van der Waals surface area contributed by atoms with E-state index in [-0.39, 0.29) is 31.4 Å². The lowest BCUT2D eigenvalue weighted by atomic mass is 10.2. The molecule has 7 heteroatoms. The number of carbonyl (C=O) groups is 2. The molecule has 1 unspecified atom stereocenters. The molecule has 1 N–H and O–H groups in total. The molecule has 1 aliphatic heterocycles. The van der Waals surface area contributed by atoms with Gasteiger partial charge in [0.15, 0.2) is 0 Å². The van der Waals surface area contributed by atoms with Gasteiger partial charge in [-0.05, 0) is 19.8 Å². The molecule has 1 aliphatic rings. The monoisotopic (exact) mass is 322 g/mol. The summed E-state index contributed by atoms with van der Waals surface area (Å²) in [5, 5.41) is 14.4. The Morgan fingerprint density at radius 1 is 1.43 bits per heavy atom. The van der Waals surface area contributed by atoms with E-state index in [1.54, 1.807) is 22.7 Å². The first-order chi connectivity index (χ1) is 10.8. The number of amides is 2. The molecule has 0 spiro atoms. The largest absolute Gasteiger partial charge is 0.389 e. The van der Waals surface area contributed by atoms with Crippen LogP contribution in [0.2, 0.25) is 0 Å². The van der Waals surface area contributed by atoms with Crippen LogP contribution >= 0.6 is 0 Å². The predicted molar refractivity (Wildman–Crippen MR) is 86.0 cm³/mol. The number of hydrogen-bond acceptors (Lipinski definition) is 4. The van der Waals surface area contributed by atoms with Crippen molar-refractivity contribution < 1.29 is 14.7 Å². The van der Waals surface area contributed by atoms with E-state index in [1.165, 1.54) is 4.90 Å². The molecule has 0 saturated carbocycles. The van der Waals surface area contributed by atoms with Crippen molar-refractivity contribution in [3.8, 4) is 0 Å². The molecule has 128 valence electrons. The van der Waals surface area contributed by atoms with Crippen LogP contribution in [0.4, 0.5) is 0 Å². The Morgan fingerprint density at radius 3 is 2.70 bits per heavy atom. The lowest BCUT2D eigenvalue weighted by Crippen LogP contribution is -2.40. The van der Waals surface area contributed by atoms with Crippen molar-refractivity contribution in [1.82, 2.24) is 19.6 Å². The Balaban J connectivity index is 2.17. The standard InChI is InChI=1S/C16H26N4O3/c1-5-20-9-14(12(4)17-20)16(23)19-8-13(21)7-18(6-11(2)3)15(22)10-19/h9,11,13,21H,5-8,10H2,1-4H3. The molecular weight excluding hydrogens is 296 g/mol. The SMILES string of the molecule is CCn1cc(C(=O)N2CC(=O)N(CC(C)C)CC(O)C2)c(C)n1. The van der Waals surface area contributed by atoms with Gasteiger partial charge < -0.3 is 14.9 Å². The van der Waals surface area contributed by atoms with Crippen LogP contribution in [-0.2, 0) is 11.3 Å². The second-order valence-electron chi connectivity index (χ2n) is 6.52. The summed E-state index contributed by atoms with van der Waals surface area (Å²) in [7, 11) is 0. The third-order valence-electron chi connectivity index (χ3n) is 3.91. The quantitative estimate of drug-likeness (QED) is 0.876. The summed E-state index contributed by atoms with van der Waals surface area (Å²) in [6.07, 6.45) is 0.969. The first-order valence-electron chi connectivity index (χ1n) is 8.11. The Bertz CT molecular complexity index is 582. The topological polar surface area (TPSA) is 78.7 Å². The van der Waals surface area contributed by atoms with Gasteiger partial charge >= 0.3 is 0 Å². The number of hydrogen-bond donors (Lipinski definition) is 1. The first-order valence-corrected chi connectivity index (χ1v) is 8.11. The van der Waals surface area contributed by atoms with Crippen LogP contribution in [0.25, 0.3) is 0 Å². The van der Waals surface area contributed by atoms with Crippen LogP contribution < -0.4 is 0 Å². The maximum Gasteiger partial charge on any atom is 0.257 e. The highest BCUT2D eigenvalue weighted by Gasteiger charge is 2.31. The highest BCUT2D eigenvalue weighted by Crippen LogP contribution is 2.14. The van der Waals surface area contributed by atoms with E-state index in [2.05, 4.69) is 5.10 Å². The molecule has 1 aromatic rings. The molecule has 0 aliphatic carbocycles. The number of aryl methyl sites for hydroxylation is 2. The maximum atomic E-state index is 12.7. The van der Waals surface area contributed by atoms with Crippen molar-refractivity contribution in [1.29, 1.82) is 0 Å². The van der Waals surface area contributed by atoms with Crippen LogP contribution in [0, 0.1) is 12.8 Å². The molecule has 23 heavy (non-hydrogen) atoms. The van der Waals surface area contributed by atoms with E-state index in [9.17, 15) is 14.7 Å². The van der Waals surface area contributed by atoms with E-state index in [0.717, 1.165) is 0 Å². The van der Waals surface area contributed by atoms with E-state index < -0.39 is 6.10 Å². The smallest absolute Gasteiger partial charge is 0.257 e. The second-order valence-corrected chi connectivity index (χ2v) is 6.52. The Morgan fingerprint density at radius 2 is 2.13 bits per heavy atom. The number of aliphatic hydroxyl groups is 1. The van der Waals surface area contributed by atoms with E-state index in [1.807, 2.05) is 20.8 Å². The van der Waals surface area contributed by atoms with Crippen molar-refractivity contribution in [3.63, 3.8) is 0 Å². The molecule has 2 rings (SSSR count). The van der Waals surface area contributed by atoms with Crippen molar-refractivity contribution in [2.45, 2.75) is 40.3 Å². The number of rotatable bonds is 4. The zero-order valence-corrected chi connectivity index (χ0v) is 14.3. The molecule has 1 fully saturated rings. The Hall–Kier alpha value is -1.89. The average Bonchev–Trinajstić information content (AvgIpc) is 2.78. The zero-order valence-electron chi connectivity index (χ0n) is 14.3. The van der Waals surface area contributed by atoms with Crippen LogP contribution in [0.15, 0.2) is 6.20 Å². The van der Waals surface area contributed by atoms with Gasteiger partial charge in [-0.3, -0.25) is 14.3 Å². The molecular formula is C16H26N4O3. The summed E-state index contributed by atoms with van der Waals surface area (Å²) in [6, 6.07) is 0. The van der Waals surface area contributed by atoms with E-state index in [4.69, 9.17) is 0 Å². The van der Waals surface area contributed by atoms with Crippen molar-refractivity contribution in [2.24, 2.45) is 5.92 Å². The van der Waals surface area contributed by atoms with Gasteiger partial charge in [0.25, 0.3) is 5.91 Å². The van der Waals surface area contributed by atoms with Crippen LogP contribution in [0.5, 0.6) is 0 Å². The number of β-amino-alcohol motifs (C(OH)–C–C–N with tert-alkyl or cyclic N) is 1. The lowest BCUT2D eigenvalue weighted by Gasteiger charge is -2.23. The van der Waals surface area contributed by atoms with Crippen LogP contribution in [-0.4, -0.2) is 68.8 Å². The van der Waals surface area contributed by atoms with E-state index >= 15 is 0 Å². The minimum absolute atomic E-state index is 0.000637. The lowest BCUT2D eigenvalue weighted by molar-refractivity contribution is -0.131. The Labute approximate surface area is 136 Å². The third kappa shape index (κ3) is 4.10. The highest BCUT2D eigenvalue weighted by atomic mass is 16.3. The fraction of sp³-hybridized carbons (Fsp3) is 0.688. The van der Waals surface area contributed by atoms with Crippen molar-refractivity contribution >= 4 is 11.8 Å². The molecule has 0 bridgehead atoms. The molecule has 7 nitrogen and oxygen atoms in total. The molecule has 1 saturated heterocycles. The van der Waals surface area contributed by atoms with E-state index in [0.29, 0.717) is 30.3 Å². The minimum atomic E-state index is -0.731. The predicted octanol–water partition coefficient (Wildman–Crippen LogP) is 0.513. The van der Waals surface area contributed by atoms with Gasteiger partial charge in [0, 0.05) is 32.4 Å². The number of aromatic nitrogens is 2. The molecule has 1 atom stereocenters. The normalized spacial score (nSPS) is 19.4. The molecule has 0 radical (unpaired) electrons. The molecule has 2 amide bonds. The summed E-state index contributed by atoms with van der Waals surface area (Å²) >= 11 is 0. The van der Waals surface area contributed by atoms with Gasteiger partial charge in [0.2, 0.25) is 5.91 Å². The summed E-state index contributed by atoms with van der Waals surface area (Å²) in [5.74, 6) is -0.0523. The van der Waals surface area contributed by atoms with Gasteiger partial charge in [-0.1, -0.05) is 13.8 Å². The molecule has 1 aromatic heterocycles. The van der Waals surface area contributed by atoms with Gasteiger partial charge in [-0.2, -0.15) is 5.10 Å². The number of carbonyl (C=O) groups excluding carboxylic acids is 2. The van der Waals surface area contributed by atoms with Gasteiger partial charge in [-0.25, -0.2) is 0 Å². The van der Waals surface area contributed by atoms with Crippen LogP contribution in [0.1, 0.15) is 36.8 Å². The van der Waals surface area contributed by atoms with Crippen LogP contribution in [0.3, 0.4) is 0 Å². The Kier molecular flexibility index (Phi) is 5.41. The summed E-state index contributed by atoms with van der Waals surface area (Å²) < 4.78 is 1.70. The number of aliphatic hydroxyl groups excluding tert-OH is 1. The maximum absolute atomic E-state index is 12.7. The fourth-order valence-electron chi connectivity index (χ4n) is 2.83. The summed E-state index contributed by atoms with van der Waals surface area (Å²) in [6.45, 7) is 9.47. The van der Waals surface area contributed by atoms with Crippen molar-refractivity contribution in [2.75, 3.05) is 26.2 Å². The first kappa shape index (κ1) is 17.5. The van der Waals surface area contributed by atoms with Gasteiger partial charge in [0.1, 0.15) is 6.54 Å². The third-order valence-corrected chi connectivity index (χ3v) is 3.91. The highest BCUT2D eigenvalue weighted by molar-refractivity contribution is 5.97. The second kappa shape index (κ2) is 7.12. The zero-order chi connectivity index (χ0) is 17.1.